The van der Waals surface area contributed by atoms with Crippen LogP contribution in [0.2, 0.25) is 0 Å². The third-order valence-electron chi connectivity index (χ3n) is 3.88. The van der Waals surface area contributed by atoms with Crippen LogP contribution in [0.4, 0.5) is 5.69 Å². The number of aliphatic hydroxyl groups is 2. The van der Waals surface area contributed by atoms with Crippen LogP contribution in [0.5, 0.6) is 0 Å². The maximum Gasteiger partial charge on any atom is 0.0830 e. The summed E-state index contributed by atoms with van der Waals surface area (Å²) >= 11 is 1.64. The van der Waals surface area contributed by atoms with E-state index in [0.717, 1.165) is 29.8 Å². The zero-order valence-electron chi connectivity index (χ0n) is 20.5. The zero-order valence-corrected chi connectivity index (χ0v) is 21.3. The van der Waals surface area contributed by atoms with Crippen molar-refractivity contribution in [1.29, 1.82) is 0 Å². The molecule has 0 spiro atoms. The van der Waals surface area contributed by atoms with Crippen molar-refractivity contribution in [1.82, 2.24) is 4.31 Å². The Bertz CT molecular complexity index is 624. The quantitative estimate of drug-likeness (QED) is 0.322. The van der Waals surface area contributed by atoms with E-state index in [0.29, 0.717) is 18.9 Å². The van der Waals surface area contributed by atoms with Crippen molar-refractivity contribution in [3.05, 3.63) is 60.2 Å². The lowest BCUT2D eigenvalue weighted by molar-refractivity contribution is 0.119. The smallest absolute Gasteiger partial charge is 0.0830 e. The molecule has 0 bridgehead atoms. The summed E-state index contributed by atoms with van der Waals surface area (Å²) in [6.07, 6.45) is 0.0876. The van der Waals surface area contributed by atoms with Crippen LogP contribution in [-0.2, 0) is 6.42 Å². The van der Waals surface area contributed by atoms with E-state index in [1.165, 1.54) is 0 Å². The number of hydrogen-bond acceptors (Lipinski definition) is 6. The highest BCUT2D eigenvalue weighted by Gasteiger charge is 2.20. The molecule has 2 aromatic rings. The molecule has 0 saturated heterocycles. The maximum absolute atomic E-state index is 10.6. The highest BCUT2D eigenvalue weighted by molar-refractivity contribution is 7.97. The second-order valence-electron chi connectivity index (χ2n) is 6.82. The normalized spacial score (nSPS) is 11.9. The number of nitrogens with zero attached hydrogens (tertiary/aromatic N) is 1. The Kier molecular flexibility index (Phi) is 20.7. The molecule has 0 fully saturated rings. The fourth-order valence-corrected chi connectivity index (χ4v) is 3.76. The molecule has 0 aromatic heterocycles. The minimum Gasteiger partial charge on any atom is -0.400 e. The highest BCUT2D eigenvalue weighted by Crippen LogP contribution is 2.25. The first kappa shape index (κ1) is 31.6. The van der Waals surface area contributed by atoms with Crippen LogP contribution in [0, 0.1) is 5.92 Å². The predicted molar refractivity (Wildman–Crippen MR) is 138 cm³/mol. The van der Waals surface area contributed by atoms with E-state index in [9.17, 15) is 5.11 Å². The zero-order chi connectivity index (χ0) is 24.2. The molecule has 5 nitrogen and oxygen atoms in total. The Hall–Kier alpha value is -1.57. The molecule has 178 valence electrons. The van der Waals surface area contributed by atoms with Crippen LogP contribution >= 0.6 is 11.9 Å². The van der Waals surface area contributed by atoms with Crippen LogP contribution in [0.25, 0.3) is 0 Å². The standard InChI is InChI=1S/C20H29N3OS.2C2H6.CH4O/c1-15(2)13-23(25-18-10-8-17(21)9-11-18)14-20(24)19(22)12-16-6-4-3-5-7-16;3*1-2/h3-11,15,19-20,24H,12-14,21-22H2,1-2H3;2*1-2H3;2H,1H3. The molecule has 6 heteroatoms. The van der Waals surface area contributed by atoms with Gasteiger partial charge >= 0.3 is 0 Å². The summed E-state index contributed by atoms with van der Waals surface area (Å²) in [6, 6.07) is 17.6. The van der Waals surface area contributed by atoms with Gasteiger partial charge in [-0.25, -0.2) is 4.31 Å². The van der Waals surface area contributed by atoms with Gasteiger partial charge in [0.05, 0.1) is 6.10 Å². The van der Waals surface area contributed by atoms with Gasteiger partial charge in [-0.05, 0) is 54.1 Å². The van der Waals surface area contributed by atoms with Gasteiger partial charge in [-0.15, -0.1) is 0 Å². The third kappa shape index (κ3) is 15.0. The van der Waals surface area contributed by atoms with Crippen LogP contribution in [0.1, 0.15) is 47.1 Å². The fraction of sp³-hybridized carbons (Fsp3) is 0.520. The van der Waals surface area contributed by atoms with Crippen molar-refractivity contribution < 1.29 is 10.2 Å². The summed E-state index contributed by atoms with van der Waals surface area (Å²) in [6.45, 7) is 13.8. The molecule has 0 aliphatic rings. The van der Waals surface area contributed by atoms with Gasteiger partial charge < -0.3 is 21.7 Å². The molecule has 0 heterocycles. The van der Waals surface area contributed by atoms with Crippen LogP contribution in [0.15, 0.2) is 59.5 Å². The number of hydrogen-bond donors (Lipinski definition) is 4. The van der Waals surface area contributed by atoms with Gasteiger partial charge in [-0.3, -0.25) is 0 Å². The van der Waals surface area contributed by atoms with Gasteiger partial charge in [0.1, 0.15) is 0 Å². The van der Waals surface area contributed by atoms with E-state index < -0.39 is 6.10 Å². The highest BCUT2D eigenvalue weighted by atomic mass is 32.2. The molecule has 0 aliphatic carbocycles. The molecule has 2 atom stereocenters. The molecule has 6 N–H and O–H groups in total. The Balaban J connectivity index is 0. The first-order valence-electron chi connectivity index (χ1n) is 11.1. The first-order valence-corrected chi connectivity index (χ1v) is 11.9. The van der Waals surface area contributed by atoms with E-state index in [2.05, 4.69) is 18.2 Å². The first-order chi connectivity index (χ1) is 14.9. The molecule has 2 aromatic carbocycles. The Labute approximate surface area is 195 Å². The molecule has 31 heavy (non-hydrogen) atoms. The molecule has 0 amide bonds. The van der Waals surface area contributed by atoms with Crippen LogP contribution < -0.4 is 11.5 Å². The van der Waals surface area contributed by atoms with Gasteiger partial charge in [-0.2, -0.15) is 0 Å². The third-order valence-corrected chi connectivity index (χ3v) is 4.92. The van der Waals surface area contributed by atoms with E-state index in [4.69, 9.17) is 16.6 Å². The summed E-state index contributed by atoms with van der Waals surface area (Å²) in [5.74, 6) is 0.499. The van der Waals surface area contributed by atoms with Crippen molar-refractivity contribution in [2.75, 3.05) is 25.9 Å². The van der Waals surface area contributed by atoms with E-state index in [1.807, 2.05) is 82.3 Å². The number of nitrogen functional groups attached to an aromatic ring is 1. The van der Waals surface area contributed by atoms with Gasteiger partial charge in [0.2, 0.25) is 0 Å². The van der Waals surface area contributed by atoms with Crippen molar-refractivity contribution in [3.63, 3.8) is 0 Å². The fourth-order valence-electron chi connectivity index (χ4n) is 2.60. The van der Waals surface area contributed by atoms with Gasteiger partial charge in [0.15, 0.2) is 0 Å². The maximum atomic E-state index is 10.6. The summed E-state index contributed by atoms with van der Waals surface area (Å²) in [7, 11) is 1.00. The molecule has 2 unspecified atom stereocenters. The number of aliphatic hydroxyl groups excluding tert-OH is 2. The van der Waals surface area contributed by atoms with Gasteiger partial charge in [-0.1, -0.05) is 71.9 Å². The number of nitrogens with two attached hydrogens (primary N) is 2. The predicted octanol–water partition coefficient (Wildman–Crippen LogP) is 4.83. The van der Waals surface area contributed by atoms with Crippen molar-refractivity contribution >= 4 is 17.6 Å². The molecular formula is C25H45N3O2S. The molecule has 2 rings (SSSR count). The van der Waals surface area contributed by atoms with E-state index >= 15 is 0 Å². The summed E-state index contributed by atoms with van der Waals surface area (Å²) in [5.41, 5.74) is 13.9. The molecule has 0 saturated carbocycles. The lowest BCUT2D eigenvalue weighted by Crippen LogP contribution is -2.43. The topological polar surface area (TPSA) is 95.7 Å². The SMILES string of the molecule is CC.CC.CC(C)CN(CC(O)C(N)Cc1ccccc1)Sc1ccc(N)cc1.CO. The number of benzene rings is 2. The largest absolute Gasteiger partial charge is 0.400 e. The molecule has 0 radical (unpaired) electrons. The lowest BCUT2D eigenvalue weighted by Gasteiger charge is -2.28. The summed E-state index contributed by atoms with van der Waals surface area (Å²) in [5, 5.41) is 17.6. The van der Waals surface area contributed by atoms with Crippen LogP contribution in [0.3, 0.4) is 0 Å². The average Bonchev–Trinajstić information content (AvgIpc) is 2.79. The van der Waals surface area contributed by atoms with E-state index in [1.54, 1.807) is 11.9 Å². The summed E-state index contributed by atoms with van der Waals surface area (Å²) < 4.78 is 2.19. The Morgan fingerprint density at radius 1 is 0.871 bits per heavy atom. The molecular weight excluding hydrogens is 406 g/mol. The Morgan fingerprint density at radius 2 is 1.39 bits per heavy atom. The minimum absolute atomic E-state index is 0.288. The monoisotopic (exact) mass is 451 g/mol. The second kappa shape index (κ2) is 20.3. The average molecular weight is 452 g/mol. The van der Waals surface area contributed by atoms with Crippen molar-refractivity contribution in [2.45, 2.75) is 65.0 Å². The van der Waals surface area contributed by atoms with Crippen molar-refractivity contribution in [2.24, 2.45) is 11.7 Å². The summed E-state index contributed by atoms with van der Waals surface area (Å²) in [4.78, 5) is 1.11. The number of anilines is 1. The van der Waals surface area contributed by atoms with Gasteiger partial charge in [0.25, 0.3) is 0 Å². The second-order valence-corrected chi connectivity index (χ2v) is 7.99. The van der Waals surface area contributed by atoms with E-state index in [-0.39, 0.29) is 6.04 Å². The Morgan fingerprint density at radius 3 is 1.87 bits per heavy atom. The van der Waals surface area contributed by atoms with Crippen molar-refractivity contribution in [3.8, 4) is 0 Å². The van der Waals surface area contributed by atoms with Crippen LogP contribution in [-0.4, -0.2) is 46.9 Å². The lowest BCUT2D eigenvalue weighted by atomic mass is 10.0. The number of rotatable bonds is 9. The molecule has 0 aliphatic heterocycles. The minimum atomic E-state index is -0.583. The van der Waals surface area contributed by atoms with Gasteiger partial charge in [0, 0.05) is 36.8 Å².